The summed E-state index contributed by atoms with van der Waals surface area (Å²) in [6.45, 7) is 2.47. The molecule has 2 fully saturated rings. The summed E-state index contributed by atoms with van der Waals surface area (Å²) < 4.78 is 19.2. The molecule has 0 bridgehead atoms. The van der Waals surface area contributed by atoms with Gasteiger partial charge in [-0.15, -0.1) is 0 Å². The third kappa shape index (κ3) is 4.10. The summed E-state index contributed by atoms with van der Waals surface area (Å²) in [7, 11) is 0. The Morgan fingerprint density at radius 2 is 2.12 bits per heavy atom. The molecule has 26 heavy (non-hydrogen) atoms. The number of carbonyl (C=O) groups excluding carboxylic acids is 3. The second-order valence-corrected chi connectivity index (χ2v) is 6.10. The molecule has 0 saturated carbocycles. The number of nitrogens with zero attached hydrogens (tertiary/aromatic N) is 2. The minimum absolute atomic E-state index is 0.0198. The van der Waals surface area contributed by atoms with Gasteiger partial charge in [-0.2, -0.15) is 0 Å². The Balaban J connectivity index is 1.51. The fourth-order valence-electron chi connectivity index (χ4n) is 2.95. The van der Waals surface area contributed by atoms with Crippen molar-refractivity contribution < 1.29 is 23.5 Å². The zero-order valence-electron chi connectivity index (χ0n) is 14.2. The van der Waals surface area contributed by atoms with Crippen molar-refractivity contribution >= 4 is 17.8 Å². The van der Waals surface area contributed by atoms with Crippen LogP contribution in [0.25, 0.3) is 0 Å². The van der Waals surface area contributed by atoms with Gasteiger partial charge in [-0.05, 0) is 12.1 Å². The number of amides is 4. The van der Waals surface area contributed by atoms with E-state index in [0.29, 0.717) is 32.7 Å². The number of carbonyl (C=O) groups is 3. The maximum absolute atomic E-state index is 13.8. The fourth-order valence-corrected chi connectivity index (χ4v) is 2.95. The van der Waals surface area contributed by atoms with Crippen molar-refractivity contribution in [2.45, 2.75) is 6.10 Å². The van der Waals surface area contributed by atoms with E-state index in [0.717, 1.165) is 0 Å². The van der Waals surface area contributed by atoms with Gasteiger partial charge in [0.05, 0.1) is 18.7 Å². The third-order valence-corrected chi connectivity index (χ3v) is 4.38. The molecule has 140 valence electrons. The highest BCUT2D eigenvalue weighted by atomic mass is 19.1. The summed E-state index contributed by atoms with van der Waals surface area (Å²) in [6, 6.07) is 5.61. The lowest BCUT2D eigenvalue weighted by molar-refractivity contribution is -0.137. The Hall–Kier alpha value is -2.68. The number of hydrogen-bond acceptors (Lipinski definition) is 4. The van der Waals surface area contributed by atoms with Crippen LogP contribution < -0.4 is 10.6 Å². The average molecular weight is 364 g/mol. The van der Waals surface area contributed by atoms with Crippen LogP contribution in [0.2, 0.25) is 0 Å². The van der Waals surface area contributed by atoms with E-state index in [2.05, 4.69) is 10.6 Å². The van der Waals surface area contributed by atoms with Crippen LogP contribution >= 0.6 is 0 Å². The van der Waals surface area contributed by atoms with Gasteiger partial charge in [-0.3, -0.25) is 9.59 Å². The monoisotopic (exact) mass is 364 g/mol. The summed E-state index contributed by atoms with van der Waals surface area (Å²) in [5.41, 5.74) is -0.0198. The van der Waals surface area contributed by atoms with Gasteiger partial charge in [0.15, 0.2) is 6.10 Å². The molecule has 2 saturated heterocycles. The average Bonchev–Trinajstić information content (AvgIpc) is 3.06. The molecule has 1 atom stereocenters. The lowest BCUT2D eigenvalue weighted by Gasteiger charge is -2.32. The molecule has 0 aromatic heterocycles. The quantitative estimate of drug-likeness (QED) is 0.758. The zero-order valence-corrected chi connectivity index (χ0v) is 14.2. The molecule has 8 nitrogen and oxygen atoms in total. The van der Waals surface area contributed by atoms with Crippen LogP contribution in [0.4, 0.5) is 9.18 Å². The molecule has 0 radical (unpaired) electrons. The Morgan fingerprint density at radius 1 is 1.31 bits per heavy atom. The van der Waals surface area contributed by atoms with Crippen molar-refractivity contribution in [1.29, 1.82) is 0 Å². The highest BCUT2D eigenvalue weighted by Gasteiger charge is 2.30. The van der Waals surface area contributed by atoms with Gasteiger partial charge in [0.25, 0.3) is 11.8 Å². The summed E-state index contributed by atoms with van der Waals surface area (Å²) >= 11 is 0. The van der Waals surface area contributed by atoms with Gasteiger partial charge in [0.1, 0.15) is 5.82 Å². The first-order valence-electron chi connectivity index (χ1n) is 8.52. The van der Waals surface area contributed by atoms with Crippen LogP contribution in [-0.4, -0.2) is 79.6 Å². The molecule has 4 amide bonds. The first-order chi connectivity index (χ1) is 12.6. The molecule has 0 spiro atoms. The molecule has 0 aliphatic carbocycles. The fraction of sp³-hybridized carbons (Fsp3) is 0.471. The number of halogens is 1. The largest absolute Gasteiger partial charge is 0.365 e. The molecule has 2 aliphatic rings. The van der Waals surface area contributed by atoms with Crippen LogP contribution in [0, 0.1) is 5.82 Å². The summed E-state index contributed by atoms with van der Waals surface area (Å²) in [5, 5.41) is 5.40. The van der Waals surface area contributed by atoms with Crippen molar-refractivity contribution in [2.75, 3.05) is 45.9 Å². The van der Waals surface area contributed by atoms with E-state index in [1.165, 1.54) is 23.1 Å². The zero-order chi connectivity index (χ0) is 18.5. The van der Waals surface area contributed by atoms with E-state index < -0.39 is 17.8 Å². The number of nitrogens with one attached hydrogen (secondary N) is 2. The van der Waals surface area contributed by atoms with Gasteiger partial charge in [0.2, 0.25) is 0 Å². The Labute approximate surface area is 150 Å². The van der Waals surface area contributed by atoms with Crippen LogP contribution in [0.1, 0.15) is 10.4 Å². The summed E-state index contributed by atoms with van der Waals surface area (Å²) in [6.07, 6.45) is -0.813. The maximum Gasteiger partial charge on any atom is 0.317 e. The normalized spacial score (nSPS) is 20.0. The molecule has 1 aromatic carbocycles. The molecule has 1 aromatic rings. The van der Waals surface area contributed by atoms with Crippen molar-refractivity contribution in [3.63, 3.8) is 0 Å². The third-order valence-electron chi connectivity index (χ3n) is 4.38. The molecule has 2 heterocycles. The number of urea groups is 1. The van der Waals surface area contributed by atoms with Crippen LogP contribution in [0.3, 0.4) is 0 Å². The first kappa shape index (κ1) is 18.1. The lowest BCUT2D eigenvalue weighted by atomic mass is 10.1. The SMILES string of the molecule is O=C(NCCN1CCNC1=O)[C@@H]1CN(C(=O)c2ccccc2F)CCO1. The van der Waals surface area contributed by atoms with Gasteiger partial charge < -0.3 is 25.2 Å². The van der Waals surface area contributed by atoms with Gasteiger partial charge in [0, 0.05) is 32.7 Å². The van der Waals surface area contributed by atoms with Crippen molar-refractivity contribution in [3.05, 3.63) is 35.6 Å². The number of rotatable bonds is 5. The second kappa shape index (κ2) is 8.13. The van der Waals surface area contributed by atoms with E-state index >= 15 is 0 Å². The van der Waals surface area contributed by atoms with Gasteiger partial charge in [-0.25, -0.2) is 9.18 Å². The maximum atomic E-state index is 13.8. The molecule has 0 unspecified atom stereocenters. The predicted molar refractivity (Wildman–Crippen MR) is 90.0 cm³/mol. The van der Waals surface area contributed by atoms with Crippen LogP contribution in [-0.2, 0) is 9.53 Å². The summed E-state index contributed by atoms with van der Waals surface area (Å²) in [4.78, 5) is 39.2. The second-order valence-electron chi connectivity index (χ2n) is 6.10. The standard InChI is InChI=1S/C17H21FN4O4/c18-13-4-2-1-3-12(13)16(24)22-9-10-26-14(11-22)15(23)19-5-7-21-8-6-20-17(21)25/h1-4,14H,5-11H2,(H,19,23)(H,20,25)/t14-/m0/s1. The lowest BCUT2D eigenvalue weighted by Crippen LogP contribution is -2.52. The highest BCUT2D eigenvalue weighted by molar-refractivity contribution is 5.95. The molecular formula is C17H21FN4O4. The predicted octanol–water partition coefficient (Wildman–Crippen LogP) is -0.192. The van der Waals surface area contributed by atoms with Crippen molar-refractivity contribution in [2.24, 2.45) is 0 Å². The number of ether oxygens (including phenoxy) is 1. The van der Waals surface area contributed by atoms with E-state index in [1.807, 2.05) is 0 Å². The molecule has 2 aliphatic heterocycles. The highest BCUT2D eigenvalue weighted by Crippen LogP contribution is 2.13. The minimum atomic E-state index is -0.813. The van der Waals surface area contributed by atoms with Crippen molar-refractivity contribution in [1.82, 2.24) is 20.4 Å². The van der Waals surface area contributed by atoms with E-state index in [9.17, 15) is 18.8 Å². The number of benzene rings is 1. The molecular weight excluding hydrogens is 343 g/mol. The Kier molecular flexibility index (Phi) is 5.67. The van der Waals surface area contributed by atoms with E-state index in [1.54, 1.807) is 11.0 Å². The topological polar surface area (TPSA) is 91.0 Å². The van der Waals surface area contributed by atoms with Crippen molar-refractivity contribution in [3.8, 4) is 0 Å². The smallest absolute Gasteiger partial charge is 0.317 e. The van der Waals surface area contributed by atoms with E-state index in [4.69, 9.17) is 4.74 Å². The Morgan fingerprint density at radius 3 is 2.85 bits per heavy atom. The number of hydrogen-bond donors (Lipinski definition) is 2. The number of morpholine rings is 1. The van der Waals surface area contributed by atoms with Crippen LogP contribution in [0.15, 0.2) is 24.3 Å². The Bertz CT molecular complexity index is 699. The summed E-state index contributed by atoms with van der Waals surface area (Å²) in [5.74, 6) is -1.40. The van der Waals surface area contributed by atoms with Gasteiger partial charge >= 0.3 is 6.03 Å². The van der Waals surface area contributed by atoms with Gasteiger partial charge in [-0.1, -0.05) is 12.1 Å². The molecule has 9 heteroatoms. The molecule has 3 rings (SSSR count). The minimum Gasteiger partial charge on any atom is -0.365 e. The molecule has 2 N–H and O–H groups in total. The van der Waals surface area contributed by atoms with E-state index in [-0.39, 0.29) is 30.7 Å². The first-order valence-corrected chi connectivity index (χ1v) is 8.52. The van der Waals surface area contributed by atoms with Crippen LogP contribution in [0.5, 0.6) is 0 Å².